The zero-order valence-corrected chi connectivity index (χ0v) is 13.8. The number of nitrogens with zero attached hydrogens (tertiary/aromatic N) is 1. The van der Waals surface area contributed by atoms with E-state index in [0.717, 1.165) is 0 Å². The van der Waals surface area contributed by atoms with Crippen LogP contribution in [-0.2, 0) is 0 Å². The van der Waals surface area contributed by atoms with Crippen molar-refractivity contribution in [2.45, 2.75) is 51.5 Å². The monoisotopic (exact) mass is 291 g/mol. The van der Waals surface area contributed by atoms with Crippen molar-refractivity contribution in [3.63, 3.8) is 0 Å². The molecule has 1 heterocycles. The zero-order valence-electron chi connectivity index (χ0n) is 13.8. The van der Waals surface area contributed by atoms with Crippen molar-refractivity contribution in [3.8, 4) is 0 Å². The van der Waals surface area contributed by atoms with Gasteiger partial charge in [-0.25, -0.2) is 0 Å². The van der Waals surface area contributed by atoms with E-state index in [1.165, 1.54) is 30.6 Å². The van der Waals surface area contributed by atoms with Crippen LogP contribution in [0, 0.1) is 6.92 Å². The Hall–Kier alpha value is -1.76. The lowest BCUT2D eigenvalue weighted by Gasteiger charge is -2.28. The van der Waals surface area contributed by atoms with Gasteiger partial charge in [0.15, 0.2) is 0 Å². The van der Waals surface area contributed by atoms with E-state index in [-0.39, 0.29) is 0 Å². The molecule has 0 N–H and O–H groups in total. The Morgan fingerprint density at radius 2 is 1.77 bits per heavy atom. The van der Waals surface area contributed by atoms with E-state index < -0.39 is 0 Å². The van der Waals surface area contributed by atoms with E-state index in [2.05, 4.69) is 68.1 Å². The smallest absolute Gasteiger partial charge is 0.0620 e. The molecule has 0 amide bonds. The summed E-state index contributed by atoms with van der Waals surface area (Å²) in [6.07, 6.45) is 2.53. The van der Waals surface area contributed by atoms with Gasteiger partial charge < -0.3 is 4.90 Å². The van der Waals surface area contributed by atoms with Gasteiger partial charge in [0.2, 0.25) is 0 Å². The van der Waals surface area contributed by atoms with Gasteiger partial charge >= 0.3 is 0 Å². The molecule has 1 aliphatic heterocycles. The maximum atomic E-state index is 2.69. The Balaban J connectivity index is 1.86. The number of benzene rings is 2. The summed E-state index contributed by atoms with van der Waals surface area (Å²) in [6, 6.07) is 16.7. The molecule has 1 aliphatic carbocycles. The number of aryl methyl sites for hydroxylation is 1. The molecule has 0 spiro atoms. The van der Waals surface area contributed by atoms with Crippen LogP contribution in [0.4, 0.5) is 5.69 Å². The third-order valence-electron chi connectivity index (χ3n) is 5.62. The van der Waals surface area contributed by atoms with Crippen LogP contribution in [0.3, 0.4) is 0 Å². The Morgan fingerprint density at radius 3 is 2.55 bits per heavy atom. The highest BCUT2D eigenvalue weighted by molar-refractivity contribution is 5.68. The number of hydrogen-bond donors (Lipinski definition) is 0. The minimum Gasteiger partial charge on any atom is -0.364 e. The van der Waals surface area contributed by atoms with Crippen molar-refractivity contribution in [2.75, 3.05) is 11.4 Å². The second kappa shape index (κ2) is 5.15. The molecule has 22 heavy (non-hydrogen) atoms. The fourth-order valence-corrected chi connectivity index (χ4v) is 4.60. The van der Waals surface area contributed by atoms with Crippen molar-refractivity contribution < 1.29 is 0 Å². The van der Waals surface area contributed by atoms with Crippen molar-refractivity contribution >= 4 is 5.69 Å². The summed E-state index contributed by atoms with van der Waals surface area (Å²) in [5, 5.41) is 0. The standard InChI is InChI=1S/C21H25N/c1-4-5-12-22-19-11-10-14(2)13-18(19)20-15(3)16-8-6-7-9-17(16)21(20)22/h6-11,13,15,20-21H,4-5,12H2,1-3H3. The van der Waals surface area contributed by atoms with E-state index in [1.807, 2.05) is 0 Å². The van der Waals surface area contributed by atoms with Gasteiger partial charge in [0, 0.05) is 18.2 Å². The summed E-state index contributed by atoms with van der Waals surface area (Å²) in [6.45, 7) is 8.10. The van der Waals surface area contributed by atoms with E-state index in [9.17, 15) is 0 Å². The lowest BCUT2D eigenvalue weighted by molar-refractivity contribution is 0.527. The molecule has 0 radical (unpaired) electrons. The zero-order chi connectivity index (χ0) is 15.3. The van der Waals surface area contributed by atoms with Crippen LogP contribution >= 0.6 is 0 Å². The van der Waals surface area contributed by atoms with Gasteiger partial charge in [0.05, 0.1) is 6.04 Å². The normalized spacial score (nSPS) is 25.0. The van der Waals surface area contributed by atoms with Crippen LogP contribution in [0.25, 0.3) is 0 Å². The Morgan fingerprint density at radius 1 is 1.00 bits per heavy atom. The number of anilines is 1. The first-order valence-corrected chi connectivity index (χ1v) is 8.68. The van der Waals surface area contributed by atoms with Crippen molar-refractivity contribution in [1.29, 1.82) is 0 Å². The van der Waals surface area contributed by atoms with Crippen LogP contribution in [0.5, 0.6) is 0 Å². The van der Waals surface area contributed by atoms with Crippen molar-refractivity contribution in [1.82, 2.24) is 0 Å². The molecular formula is C21H25N. The molecule has 2 aliphatic rings. The molecule has 2 aromatic carbocycles. The van der Waals surface area contributed by atoms with Gasteiger partial charge in [-0.2, -0.15) is 0 Å². The minimum absolute atomic E-state index is 0.551. The average Bonchev–Trinajstić information content (AvgIpc) is 3.00. The lowest BCUT2D eigenvalue weighted by atomic mass is 9.87. The first kappa shape index (κ1) is 13.9. The molecule has 0 bridgehead atoms. The largest absolute Gasteiger partial charge is 0.364 e. The van der Waals surface area contributed by atoms with Crippen molar-refractivity contribution in [3.05, 3.63) is 64.7 Å². The molecule has 0 aromatic heterocycles. The SMILES string of the molecule is CCCCN1c2ccc(C)cc2C2C(C)c3ccccc3C21. The summed E-state index contributed by atoms with van der Waals surface area (Å²) in [5.74, 6) is 1.25. The summed E-state index contributed by atoms with van der Waals surface area (Å²) >= 11 is 0. The van der Waals surface area contributed by atoms with Gasteiger partial charge in [-0.05, 0) is 42.0 Å². The van der Waals surface area contributed by atoms with Gasteiger partial charge in [0.25, 0.3) is 0 Å². The molecule has 114 valence electrons. The molecule has 0 saturated heterocycles. The fraction of sp³-hybridized carbons (Fsp3) is 0.429. The molecule has 1 nitrogen and oxygen atoms in total. The molecular weight excluding hydrogens is 266 g/mol. The lowest BCUT2D eigenvalue weighted by Crippen LogP contribution is -2.26. The van der Waals surface area contributed by atoms with E-state index in [4.69, 9.17) is 0 Å². The highest BCUT2D eigenvalue weighted by Gasteiger charge is 2.47. The highest BCUT2D eigenvalue weighted by Crippen LogP contribution is 2.60. The molecule has 3 atom stereocenters. The molecule has 3 unspecified atom stereocenters. The Kier molecular flexibility index (Phi) is 3.25. The fourth-order valence-electron chi connectivity index (χ4n) is 4.60. The molecule has 0 fully saturated rings. The predicted octanol–water partition coefficient (Wildman–Crippen LogP) is 5.56. The van der Waals surface area contributed by atoms with E-state index in [1.54, 1.807) is 16.7 Å². The first-order chi connectivity index (χ1) is 10.7. The molecule has 0 saturated carbocycles. The third kappa shape index (κ3) is 1.84. The summed E-state index contributed by atoms with van der Waals surface area (Å²) in [4.78, 5) is 2.69. The quantitative estimate of drug-likeness (QED) is 0.716. The predicted molar refractivity (Wildman–Crippen MR) is 93.8 cm³/mol. The van der Waals surface area contributed by atoms with Gasteiger partial charge in [-0.3, -0.25) is 0 Å². The number of hydrogen-bond acceptors (Lipinski definition) is 1. The van der Waals surface area contributed by atoms with Gasteiger partial charge in [-0.15, -0.1) is 0 Å². The second-order valence-electron chi connectivity index (χ2n) is 7.00. The average molecular weight is 291 g/mol. The highest BCUT2D eigenvalue weighted by atomic mass is 15.2. The molecule has 4 rings (SSSR count). The number of fused-ring (bicyclic) bond motifs is 5. The second-order valence-corrected chi connectivity index (χ2v) is 7.00. The summed E-state index contributed by atoms with van der Waals surface area (Å²) in [5.41, 5.74) is 7.56. The van der Waals surface area contributed by atoms with Gasteiger partial charge in [0.1, 0.15) is 0 Å². The molecule has 1 heteroatoms. The molecule has 2 aromatic rings. The van der Waals surface area contributed by atoms with E-state index >= 15 is 0 Å². The first-order valence-electron chi connectivity index (χ1n) is 8.68. The summed E-state index contributed by atoms with van der Waals surface area (Å²) in [7, 11) is 0. The maximum Gasteiger partial charge on any atom is 0.0620 e. The van der Waals surface area contributed by atoms with Crippen LogP contribution in [0.15, 0.2) is 42.5 Å². The summed E-state index contributed by atoms with van der Waals surface area (Å²) < 4.78 is 0. The maximum absolute atomic E-state index is 2.69. The number of rotatable bonds is 3. The van der Waals surface area contributed by atoms with Gasteiger partial charge in [-0.1, -0.05) is 62.2 Å². The van der Waals surface area contributed by atoms with Crippen molar-refractivity contribution in [2.24, 2.45) is 0 Å². The third-order valence-corrected chi connectivity index (χ3v) is 5.62. The topological polar surface area (TPSA) is 3.24 Å². The Bertz CT molecular complexity index is 703. The number of unbranched alkanes of at least 4 members (excludes halogenated alkanes) is 1. The van der Waals surface area contributed by atoms with Crippen LogP contribution in [-0.4, -0.2) is 6.54 Å². The van der Waals surface area contributed by atoms with E-state index in [0.29, 0.717) is 17.9 Å². The van der Waals surface area contributed by atoms with Crippen LogP contribution < -0.4 is 4.90 Å². The van der Waals surface area contributed by atoms with Crippen LogP contribution in [0.1, 0.15) is 66.8 Å². The Labute approximate surface area is 134 Å². The minimum atomic E-state index is 0.551. The van der Waals surface area contributed by atoms with Crippen LogP contribution in [0.2, 0.25) is 0 Å².